The fraction of sp³-hybridized carbons (Fsp3) is 0.0952. The van der Waals surface area contributed by atoms with E-state index in [0.29, 0.717) is 11.5 Å². The first-order valence-corrected chi connectivity index (χ1v) is 8.86. The van der Waals surface area contributed by atoms with E-state index in [0.717, 1.165) is 28.3 Å². The number of aromatic nitrogens is 3. The van der Waals surface area contributed by atoms with Crippen LogP contribution in [0.1, 0.15) is 18.0 Å². The number of nitrogens with one attached hydrogen (secondary N) is 1. The van der Waals surface area contributed by atoms with Crippen LogP contribution >= 0.6 is 11.6 Å². The highest BCUT2D eigenvalue weighted by atomic mass is 35.5. The fourth-order valence-corrected chi connectivity index (χ4v) is 3.50. The molecule has 0 spiro atoms. The zero-order valence-electron chi connectivity index (χ0n) is 14.3. The van der Waals surface area contributed by atoms with E-state index < -0.39 is 5.97 Å². The number of nitrogens with zero attached hydrogens (tertiary/aromatic N) is 2. The number of rotatable bonds is 4. The van der Waals surface area contributed by atoms with Crippen molar-refractivity contribution in [1.82, 2.24) is 15.0 Å². The number of hydrogen-bond acceptors (Lipinski definition) is 3. The van der Waals surface area contributed by atoms with Crippen LogP contribution in [0, 0.1) is 0 Å². The molecule has 0 amide bonds. The van der Waals surface area contributed by atoms with Gasteiger partial charge >= 0.3 is 5.97 Å². The molecule has 0 aliphatic heterocycles. The van der Waals surface area contributed by atoms with Gasteiger partial charge in [0.1, 0.15) is 5.82 Å². The minimum Gasteiger partial charge on any atom is -0.478 e. The maximum Gasteiger partial charge on any atom is 0.331 e. The summed E-state index contributed by atoms with van der Waals surface area (Å²) in [4.78, 5) is 23.7. The van der Waals surface area contributed by atoms with Gasteiger partial charge in [-0.3, -0.25) is 4.98 Å². The van der Waals surface area contributed by atoms with Gasteiger partial charge in [0.05, 0.1) is 11.4 Å². The third kappa shape index (κ3) is 3.55. The monoisotopic (exact) mass is 377 g/mol. The Bertz CT molecular complexity index is 1040. The van der Waals surface area contributed by atoms with Crippen LogP contribution in [-0.2, 0) is 4.79 Å². The number of hydrogen-bond donors (Lipinski definition) is 2. The molecule has 5 nitrogen and oxygen atoms in total. The van der Waals surface area contributed by atoms with Gasteiger partial charge < -0.3 is 10.1 Å². The molecule has 4 rings (SSSR count). The third-order valence-corrected chi connectivity index (χ3v) is 4.73. The number of aliphatic carboxylic acids is 1. The summed E-state index contributed by atoms with van der Waals surface area (Å²) < 4.78 is 0. The lowest BCUT2D eigenvalue weighted by molar-refractivity contribution is -0.132. The van der Waals surface area contributed by atoms with E-state index in [1.807, 2.05) is 48.5 Å². The van der Waals surface area contributed by atoms with Crippen LogP contribution in [0.25, 0.3) is 22.6 Å². The molecule has 6 heteroatoms. The lowest BCUT2D eigenvalue weighted by Crippen LogP contribution is -2.10. The van der Waals surface area contributed by atoms with Crippen molar-refractivity contribution in [2.24, 2.45) is 0 Å². The number of allylic oxidation sites excluding steroid dienone is 3. The van der Waals surface area contributed by atoms with Gasteiger partial charge in [-0.2, -0.15) is 0 Å². The predicted octanol–water partition coefficient (Wildman–Crippen LogP) is 4.76. The van der Waals surface area contributed by atoms with Crippen LogP contribution in [0.5, 0.6) is 0 Å². The molecule has 0 fully saturated rings. The molecule has 2 N–H and O–H groups in total. The SMILES string of the molecule is O=C(O)C1=CC(Cl)=CC(c2[nH]c(-c3ccccc3)nc2-c2ccncc2)C1. The van der Waals surface area contributed by atoms with E-state index in [2.05, 4.69) is 9.97 Å². The maximum atomic E-state index is 11.5. The number of pyridine rings is 1. The van der Waals surface area contributed by atoms with Crippen molar-refractivity contribution in [3.63, 3.8) is 0 Å². The molecule has 1 atom stereocenters. The van der Waals surface area contributed by atoms with Crippen molar-refractivity contribution >= 4 is 17.6 Å². The largest absolute Gasteiger partial charge is 0.478 e. The van der Waals surface area contributed by atoms with Crippen molar-refractivity contribution in [2.45, 2.75) is 12.3 Å². The molecular weight excluding hydrogens is 362 g/mol. The molecule has 0 saturated heterocycles. The van der Waals surface area contributed by atoms with Crippen molar-refractivity contribution in [3.8, 4) is 22.6 Å². The standard InChI is InChI=1S/C21H16ClN3O2/c22-17-11-15(10-16(12-17)21(26)27)19-18(13-6-8-23-9-7-13)24-20(25-19)14-4-2-1-3-5-14/h1-9,11-12,15H,10H2,(H,24,25)(H,26,27). The molecule has 3 aromatic rings. The number of H-pyrrole nitrogens is 1. The molecule has 1 aliphatic rings. The van der Waals surface area contributed by atoms with Crippen LogP contribution in [0.3, 0.4) is 0 Å². The second-order valence-electron chi connectivity index (χ2n) is 6.29. The second kappa shape index (κ2) is 7.21. The van der Waals surface area contributed by atoms with E-state index >= 15 is 0 Å². The van der Waals surface area contributed by atoms with Crippen LogP contribution in [0.15, 0.2) is 77.6 Å². The number of benzene rings is 1. The molecule has 27 heavy (non-hydrogen) atoms. The maximum absolute atomic E-state index is 11.5. The fourth-order valence-electron chi connectivity index (χ4n) is 3.21. The Kier molecular flexibility index (Phi) is 4.60. The van der Waals surface area contributed by atoms with Gasteiger partial charge in [-0.25, -0.2) is 9.78 Å². The van der Waals surface area contributed by atoms with Gasteiger partial charge in [0.15, 0.2) is 0 Å². The summed E-state index contributed by atoms with van der Waals surface area (Å²) in [6, 6.07) is 13.6. The van der Waals surface area contributed by atoms with Gasteiger partial charge in [-0.15, -0.1) is 0 Å². The van der Waals surface area contributed by atoms with Crippen molar-refractivity contribution in [2.75, 3.05) is 0 Å². The molecule has 1 aromatic carbocycles. The summed E-state index contributed by atoms with van der Waals surface area (Å²) >= 11 is 6.20. The number of carbonyl (C=O) groups is 1. The van der Waals surface area contributed by atoms with Gasteiger partial charge in [0.25, 0.3) is 0 Å². The highest BCUT2D eigenvalue weighted by molar-refractivity contribution is 6.31. The van der Waals surface area contributed by atoms with Crippen LogP contribution < -0.4 is 0 Å². The highest BCUT2D eigenvalue weighted by Crippen LogP contribution is 2.37. The van der Waals surface area contributed by atoms with Crippen molar-refractivity contribution in [3.05, 3.63) is 83.3 Å². The Labute approximate surface area is 161 Å². The average Bonchev–Trinajstić information content (AvgIpc) is 3.14. The molecule has 0 radical (unpaired) electrons. The van der Waals surface area contributed by atoms with Gasteiger partial charge in [-0.05, 0) is 24.6 Å². The second-order valence-corrected chi connectivity index (χ2v) is 6.72. The van der Waals surface area contributed by atoms with Gasteiger partial charge in [-0.1, -0.05) is 48.0 Å². The first kappa shape index (κ1) is 17.2. The molecular formula is C21H16ClN3O2. The summed E-state index contributed by atoms with van der Waals surface area (Å²) in [5.74, 6) is -0.436. The summed E-state index contributed by atoms with van der Waals surface area (Å²) in [6.07, 6.45) is 7.13. The molecule has 1 unspecified atom stereocenters. The molecule has 0 saturated carbocycles. The van der Waals surface area contributed by atoms with E-state index in [9.17, 15) is 9.90 Å². The van der Waals surface area contributed by atoms with Crippen molar-refractivity contribution in [1.29, 1.82) is 0 Å². The molecule has 0 bridgehead atoms. The quantitative estimate of drug-likeness (QED) is 0.687. The van der Waals surface area contributed by atoms with Crippen LogP contribution in [-0.4, -0.2) is 26.0 Å². The van der Waals surface area contributed by atoms with Crippen LogP contribution in [0.4, 0.5) is 0 Å². The summed E-state index contributed by atoms with van der Waals surface area (Å²) in [6.45, 7) is 0. The Balaban J connectivity index is 1.83. The third-order valence-electron chi connectivity index (χ3n) is 4.49. The Morgan fingerprint density at radius 3 is 2.56 bits per heavy atom. The zero-order chi connectivity index (χ0) is 18.8. The average molecular weight is 378 g/mol. The van der Waals surface area contributed by atoms with E-state index in [4.69, 9.17) is 16.6 Å². The number of aromatic amines is 1. The minimum atomic E-state index is -0.959. The van der Waals surface area contributed by atoms with Gasteiger partial charge in [0, 0.05) is 40.0 Å². The Morgan fingerprint density at radius 1 is 1.11 bits per heavy atom. The smallest absolute Gasteiger partial charge is 0.331 e. The number of carboxylic acid groups (broad SMARTS) is 1. The minimum absolute atomic E-state index is 0.207. The lowest BCUT2D eigenvalue weighted by Gasteiger charge is -2.18. The van der Waals surface area contributed by atoms with E-state index in [1.54, 1.807) is 12.4 Å². The van der Waals surface area contributed by atoms with Crippen molar-refractivity contribution < 1.29 is 9.90 Å². The first-order chi connectivity index (χ1) is 13.1. The number of halogens is 1. The zero-order valence-corrected chi connectivity index (χ0v) is 15.0. The topological polar surface area (TPSA) is 78.9 Å². The molecule has 2 heterocycles. The number of carboxylic acids is 1. The first-order valence-electron chi connectivity index (χ1n) is 8.48. The summed E-state index contributed by atoms with van der Waals surface area (Å²) in [5, 5.41) is 9.82. The Hall–Kier alpha value is -3.18. The molecule has 2 aromatic heterocycles. The van der Waals surface area contributed by atoms with E-state index in [-0.39, 0.29) is 11.5 Å². The van der Waals surface area contributed by atoms with Crippen LogP contribution in [0.2, 0.25) is 0 Å². The Morgan fingerprint density at radius 2 is 1.85 bits per heavy atom. The predicted molar refractivity (Wildman–Crippen MR) is 104 cm³/mol. The molecule has 134 valence electrons. The number of imidazole rings is 1. The molecule has 1 aliphatic carbocycles. The highest BCUT2D eigenvalue weighted by Gasteiger charge is 2.26. The van der Waals surface area contributed by atoms with Gasteiger partial charge in [0.2, 0.25) is 0 Å². The summed E-state index contributed by atoms with van der Waals surface area (Å²) in [7, 11) is 0. The lowest BCUT2D eigenvalue weighted by atomic mass is 9.89. The normalized spacial score (nSPS) is 16.6. The summed E-state index contributed by atoms with van der Waals surface area (Å²) in [5.41, 5.74) is 3.76. The van der Waals surface area contributed by atoms with E-state index in [1.165, 1.54) is 6.08 Å².